The molecule has 1 rings (SSSR count). The maximum Gasteiger partial charge on any atom is 0.0974 e. The zero-order valence-electron chi connectivity index (χ0n) is 5.82. The number of pyridine rings is 1. The molecule has 0 aromatic carbocycles. The largest absolute Gasteiger partial charge is 0.319 e. The van der Waals surface area contributed by atoms with Gasteiger partial charge in [0.05, 0.1) is 10.4 Å². The molecule has 0 radical (unpaired) electrons. The first-order valence-corrected chi connectivity index (χ1v) is 4.00. The van der Waals surface area contributed by atoms with Crippen LogP contribution in [0, 0.1) is 0 Å². The first kappa shape index (κ1) is 7.57. The van der Waals surface area contributed by atoms with Crippen LogP contribution in [0.5, 0.6) is 0 Å². The minimum Gasteiger partial charge on any atom is -0.319 e. The number of nitrogens with two attached hydrogens (primary N) is 1. The number of thioether (sulfide) groups is 1. The van der Waals surface area contributed by atoms with Crippen molar-refractivity contribution in [1.82, 2.24) is 4.98 Å². The van der Waals surface area contributed by atoms with Crippen molar-refractivity contribution in [3.63, 3.8) is 0 Å². The predicted octanol–water partition coefficient (Wildman–Crippen LogP) is 1.48. The number of nitrogens with zero attached hydrogens (tertiary/aromatic N) is 1. The highest BCUT2D eigenvalue weighted by Gasteiger charge is 1.96. The molecule has 0 aliphatic heterocycles. The quantitative estimate of drug-likeness (QED) is 0.518. The molecule has 0 amide bonds. The third-order valence-corrected chi connectivity index (χ3v) is 1.80. The molecular weight excluding hydrogens is 144 g/mol. The van der Waals surface area contributed by atoms with E-state index in [1.807, 2.05) is 25.1 Å². The number of hydrogen-bond acceptors (Lipinski definition) is 3. The third kappa shape index (κ3) is 2.37. The molecule has 1 atom stereocenters. The van der Waals surface area contributed by atoms with Gasteiger partial charge in [-0.3, -0.25) is 0 Å². The van der Waals surface area contributed by atoms with Gasteiger partial charge in [0.1, 0.15) is 0 Å². The Morgan fingerprint density at radius 3 is 2.90 bits per heavy atom. The summed E-state index contributed by atoms with van der Waals surface area (Å²) in [6.07, 6.45) is 1.77. The monoisotopic (exact) mass is 154 g/mol. The molecule has 1 aromatic rings. The van der Waals surface area contributed by atoms with Gasteiger partial charge < -0.3 is 5.73 Å². The van der Waals surface area contributed by atoms with Gasteiger partial charge in [-0.15, -0.1) is 0 Å². The summed E-state index contributed by atoms with van der Waals surface area (Å²) in [4.78, 5) is 4.10. The topological polar surface area (TPSA) is 38.9 Å². The summed E-state index contributed by atoms with van der Waals surface area (Å²) in [5, 5.41) is 1.10. The fourth-order valence-electron chi connectivity index (χ4n) is 0.607. The first-order chi connectivity index (χ1) is 4.79. The molecule has 0 saturated heterocycles. The smallest absolute Gasteiger partial charge is 0.0974 e. The Balaban J connectivity index is 2.59. The van der Waals surface area contributed by atoms with Crippen LogP contribution in [0.3, 0.4) is 0 Å². The summed E-state index contributed by atoms with van der Waals surface area (Å²) in [5.41, 5.74) is 5.55. The van der Waals surface area contributed by atoms with E-state index < -0.39 is 0 Å². The third-order valence-electron chi connectivity index (χ3n) is 0.944. The van der Waals surface area contributed by atoms with Gasteiger partial charge in [0.2, 0.25) is 0 Å². The van der Waals surface area contributed by atoms with Crippen LogP contribution in [0.25, 0.3) is 0 Å². The van der Waals surface area contributed by atoms with Gasteiger partial charge in [0, 0.05) is 6.20 Å². The second-order valence-corrected chi connectivity index (χ2v) is 3.39. The highest BCUT2D eigenvalue weighted by atomic mass is 32.2. The molecule has 0 fully saturated rings. The minimum absolute atomic E-state index is 0.120. The molecule has 0 spiro atoms. The number of rotatable bonds is 2. The molecule has 0 saturated carbocycles. The van der Waals surface area contributed by atoms with Crippen LogP contribution < -0.4 is 5.73 Å². The Kier molecular flexibility index (Phi) is 2.71. The normalized spacial score (nSPS) is 13.0. The summed E-state index contributed by atoms with van der Waals surface area (Å²) < 4.78 is 0. The Morgan fingerprint density at radius 1 is 1.60 bits per heavy atom. The van der Waals surface area contributed by atoms with E-state index in [0.29, 0.717) is 0 Å². The van der Waals surface area contributed by atoms with Gasteiger partial charge in [-0.05, 0) is 19.1 Å². The average Bonchev–Trinajstić information content (AvgIpc) is 1.88. The zero-order valence-corrected chi connectivity index (χ0v) is 6.64. The second kappa shape index (κ2) is 3.58. The summed E-state index contributed by atoms with van der Waals surface area (Å²) >= 11 is 1.57. The fraction of sp³-hybridized carbons (Fsp3) is 0.286. The molecule has 0 aliphatic carbocycles. The van der Waals surface area contributed by atoms with Gasteiger partial charge >= 0.3 is 0 Å². The van der Waals surface area contributed by atoms with Gasteiger partial charge in [-0.1, -0.05) is 17.8 Å². The second-order valence-electron chi connectivity index (χ2n) is 1.99. The van der Waals surface area contributed by atoms with Crippen molar-refractivity contribution in [2.24, 2.45) is 5.73 Å². The van der Waals surface area contributed by atoms with Crippen LogP contribution in [0.1, 0.15) is 6.92 Å². The maximum absolute atomic E-state index is 5.55. The lowest BCUT2D eigenvalue weighted by Crippen LogP contribution is -2.08. The van der Waals surface area contributed by atoms with Gasteiger partial charge in [-0.25, -0.2) is 4.98 Å². The summed E-state index contributed by atoms with van der Waals surface area (Å²) in [6, 6.07) is 5.80. The lowest BCUT2D eigenvalue weighted by atomic mass is 10.5. The Labute approximate surface area is 64.8 Å². The summed E-state index contributed by atoms with van der Waals surface area (Å²) in [6.45, 7) is 1.94. The summed E-state index contributed by atoms with van der Waals surface area (Å²) in [7, 11) is 0. The summed E-state index contributed by atoms with van der Waals surface area (Å²) in [5.74, 6) is 0. The van der Waals surface area contributed by atoms with E-state index in [4.69, 9.17) is 5.73 Å². The van der Waals surface area contributed by atoms with Crippen molar-refractivity contribution in [2.45, 2.75) is 17.3 Å². The lowest BCUT2D eigenvalue weighted by molar-refractivity contribution is 1.03. The molecule has 54 valence electrons. The SMILES string of the molecule is CC(N)Sc1ccccn1. The van der Waals surface area contributed by atoms with Crippen molar-refractivity contribution < 1.29 is 0 Å². The Hall–Kier alpha value is -0.540. The highest BCUT2D eigenvalue weighted by Crippen LogP contribution is 2.15. The van der Waals surface area contributed by atoms with Crippen molar-refractivity contribution in [1.29, 1.82) is 0 Å². The lowest BCUT2D eigenvalue weighted by Gasteiger charge is -2.01. The van der Waals surface area contributed by atoms with E-state index in [2.05, 4.69) is 4.98 Å². The average molecular weight is 154 g/mol. The fourth-order valence-corrected chi connectivity index (χ4v) is 1.27. The molecular formula is C7H10N2S. The molecule has 0 aliphatic rings. The van der Waals surface area contributed by atoms with Crippen molar-refractivity contribution >= 4 is 11.8 Å². The minimum atomic E-state index is 0.120. The predicted molar refractivity (Wildman–Crippen MR) is 43.7 cm³/mol. The van der Waals surface area contributed by atoms with E-state index in [9.17, 15) is 0 Å². The van der Waals surface area contributed by atoms with E-state index in [-0.39, 0.29) is 5.37 Å². The number of aromatic nitrogens is 1. The van der Waals surface area contributed by atoms with Crippen LogP contribution in [-0.2, 0) is 0 Å². The van der Waals surface area contributed by atoms with E-state index in [1.54, 1.807) is 18.0 Å². The van der Waals surface area contributed by atoms with Crippen LogP contribution in [-0.4, -0.2) is 10.4 Å². The van der Waals surface area contributed by atoms with Gasteiger partial charge in [0.25, 0.3) is 0 Å². The molecule has 0 bridgehead atoms. The molecule has 2 N–H and O–H groups in total. The van der Waals surface area contributed by atoms with Crippen molar-refractivity contribution in [3.8, 4) is 0 Å². The van der Waals surface area contributed by atoms with E-state index in [0.717, 1.165) is 5.03 Å². The highest BCUT2D eigenvalue weighted by molar-refractivity contribution is 7.99. The molecule has 3 heteroatoms. The molecule has 1 unspecified atom stereocenters. The maximum atomic E-state index is 5.55. The molecule has 1 aromatic heterocycles. The van der Waals surface area contributed by atoms with E-state index in [1.165, 1.54) is 0 Å². The van der Waals surface area contributed by atoms with Gasteiger partial charge in [-0.2, -0.15) is 0 Å². The van der Waals surface area contributed by atoms with Crippen molar-refractivity contribution in [3.05, 3.63) is 24.4 Å². The zero-order chi connectivity index (χ0) is 7.40. The number of hydrogen-bond donors (Lipinski definition) is 1. The van der Waals surface area contributed by atoms with Crippen LogP contribution in [0.15, 0.2) is 29.4 Å². The Bertz CT molecular complexity index is 186. The molecule has 2 nitrogen and oxygen atoms in total. The van der Waals surface area contributed by atoms with Crippen LogP contribution in [0.4, 0.5) is 0 Å². The Morgan fingerprint density at radius 2 is 2.40 bits per heavy atom. The van der Waals surface area contributed by atoms with Crippen LogP contribution in [0.2, 0.25) is 0 Å². The van der Waals surface area contributed by atoms with E-state index >= 15 is 0 Å². The first-order valence-electron chi connectivity index (χ1n) is 3.12. The molecule has 10 heavy (non-hydrogen) atoms. The standard InChI is InChI=1S/C7H10N2S/c1-6(8)10-7-4-2-3-5-9-7/h2-6H,8H2,1H3. The van der Waals surface area contributed by atoms with Gasteiger partial charge in [0.15, 0.2) is 0 Å². The van der Waals surface area contributed by atoms with Crippen molar-refractivity contribution in [2.75, 3.05) is 0 Å². The van der Waals surface area contributed by atoms with Crippen LogP contribution >= 0.6 is 11.8 Å². The molecule has 1 heterocycles.